The molecule has 108 valence electrons. The quantitative estimate of drug-likeness (QED) is 0.919. The molecule has 3 heteroatoms. The molecule has 0 saturated carbocycles. The van der Waals surface area contributed by atoms with Crippen LogP contribution < -0.4 is 5.32 Å². The molecular formula is C17H24N2S. The maximum atomic E-state index is 3.68. The van der Waals surface area contributed by atoms with Crippen LogP contribution in [0.3, 0.4) is 0 Å². The number of hydrogen-bond donors (Lipinski definition) is 1. The first-order valence-electron chi connectivity index (χ1n) is 7.70. The molecule has 1 N–H and O–H groups in total. The van der Waals surface area contributed by atoms with Gasteiger partial charge in [-0.05, 0) is 35.7 Å². The summed E-state index contributed by atoms with van der Waals surface area (Å²) in [6.45, 7) is 8.00. The fourth-order valence-electron chi connectivity index (χ4n) is 3.13. The molecule has 1 saturated heterocycles. The van der Waals surface area contributed by atoms with Crippen molar-refractivity contribution >= 4 is 21.4 Å². The Hall–Kier alpha value is -0.900. The van der Waals surface area contributed by atoms with Gasteiger partial charge in [0.15, 0.2) is 0 Å². The maximum absolute atomic E-state index is 3.68. The van der Waals surface area contributed by atoms with Gasteiger partial charge in [-0.1, -0.05) is 31.5 Å². The second-order valence-corrected chi connectivity index (χ2v) is 6.84. The lowest BCUT2D eigenvalue weighted by Crippen LogP contribution is -2.54. The second kappa shape index (κ2) is 6.25. The Bertz CT molecular complexity index is 563. The van der Waals surface area contributed by atoms with Crippen molar-refractivity contribution in [2.24, 2.45) is 0 Å². The van der Waals surface area contributed by atoms with Gasteiger partial charge in [0.1, 0.15) is 0 Å². The summed E-state index contributed by atoms with van der Waals surface area (Å²) in [5.74, 6) is 0. The number of piperazine rings is 1. The lowest BCUT2D eigenvalue weighted by Gasteiger charge is -2.38. The molecule has 1 aliphatic heterocycles. The van der Waals surface area contributed by atoms with Crippen molar-refractivity contribution in [3.8, 4) is 0 Å². The van der Waals surface area contributed by atoms with Crippen molar-refractivity contribution in [1.29, 1.82) is 0 Å². The van der Waals surface area contributed by atoms with Gasteiger partial charge in [0.2, 0.25) is 0 Å². The summed E-state index contributed by atoms with van der Waals surface area (Å²) in [6, 6.07) is 10.1. The Kier molecular flexibility index (Phi) is 4.39. The van der Waals surface area contributed by atoms with Crippen LogP contribution in [0.15, 0.2) is 29.6 Å². The lowest BCUT2D eigenvalue weighted by atomic mass is 10.0. The topological polar surface area (TPSA) is 15.3 Å². The van der Waals surface area contributed by atoms with Crippen molar-refractivity contribution in [3.63, 3.8) is 0 Å². The van der Waals surface area contributed by atoms with Gasteiger partial charge in [0, 0.05) is 36.4 Å². The van der Waals surface area contributed by atoms with E-state index in [0.29, 0.717) is 12.1 Å². The van der Waals surface area contributed by atoms with Gasteiger partial charge in [0.05, 0.1) is 0 Å². The largest absolute Gasteiger partial charge is 0.311 e. The maximum Gasteiger partial charge on any atom is 0.0346 e. The standard InChI is InChI=1S/C17H24N2S/c1-3-6-15-11-19(13(2)9-18-15)10-14-12-20-17-8-5-4-7-16(14)17/h4-5,7-8,12-13,15,18H,3,6,9-11H2,1-2H3. The number of benzene rings is 1. The summed E-state index contributed by atoms with van der Waals surface area (Å²) in [6.07, 6.45) is 2.55. The molecular weight excluding hydrogens is 264 g/mol. The Labute approximate surface area is 125 Å². The Morgan fingerprint density at radius 1 is 1.35 bits per heavy atom. The average molecular weight is 288 g/mol. The monoisotopic (exact) mass is 288 g/mol. The molecule has 1 fully saturated rings. The number of thiophene rings is 1. The minimum Gasteiger partial charge on any atom is -0.311 e. The summed E-state index contributed by atoms with van der Waals surface area (Å²) in [5, 5.41) is 7.46. The molecule has 2 aromatic rings. The SMILES string of the molecule is CCCC1CN(Cc2csc3ccccc23)C(C)CN1. The smallest absolute Gasteiger partial charge is 0.0346 e. The normalized spacial score (nSPS) is 24.3. The van der Waals surface area contributed by atoms with Gasteiger partial charge in [-0.2, -0.15) is 0 Å². The van der Waals surface area contributed by atoms with Gasteiger partial charge in [0.25, 0.3) is 0 Å². The van der Waals surface area contributed by atoms with Crippen LogP contribution >= 0.6 is 11.3 Å². The molecule has 0 aliphatic carbocycles. The highest BCUT2D eigenvalue weighted by atomic mass is 32.1. The fourth-order valence-corrected chi connectivity index (χ4v) is 4.08. The van der Waals surface area contributed by atoms with Crippen molar-refractivity contribution in [2.75, 3.05) is 13.1 Å². The average Bonchev–Trinajstić information content (AvgIpc) is 2.86. The third-order valence-corrected chi connectivity index (χ3v) is 5.36. The van der Waals surface area contributed by atoms with E-state index in [2.05, 4.69) is 53.7 Å². The molecule has 0 bridgehead atoms. The van der Waals surface area contributed by atoms with Crippen LogP contribution in [0.4, 0.5) is 0 Å². The van der Waals surface area contributed by atoms with E-state index in [0.717, 1.165) is 13.1 Å². The van der Waals surface area contributed by atoms with Crippen LogP contribution in [-0.2, 0) is 6.54 Å². The van der Waals surface area contributed by atoms with Gasteiger partial charge in [-0.15, -0.1) is 11.3 Å². The predicted molar refractivity (Wildman–Crippen MR) is 88.4 cm³/mol. The van der Waals surface area contributed by atoms with Crippen molar-refractivity contribution in [1.82, 2.24) is 10.2 Å². The Balaban J connectivity index is 1.75. The molecule has 1 aliphatic rings. The fraction of sp³-hybridized carbons (Fsp3) is 0.529. The van der Waals surface area contributed by atoms with Crippen LogP contribution in [0.25, 0.3) is 10.1 Å². The van der Waals surface area contributed by atoms with Gasteiger partial charge in [-0.25, -0.2) is 0 Å². The molecule has 1 aromatic heterocycles. The zero-order valence-electron chi connectivity index (χ0n) is 12.4. The number of nitrogens with zero attached hydrogens (tertiary/aromatic N) is 1. The first-order chi connectivity index (χ1) is 9.78. The van der Waals surface area contributed by atoms with Crippen LogP contribution in [0.1, 0.15) is 32.3 Å². The van der Waals surface area contributed by atoms with E-state index in [1.807, 2.05) is 11.3 Å². The van der Waals surface area contributed by atoms with Crippen LogP contribution in [-0.4, -0.2) is 30.1 Å². The predicted octanol–water partition coefficient (Wildman–Crippen LogP) is 3.86. The molecule has 0 radical (unpaired) electrons. The van der Waals surface area contributed by atoms with Gasteiger partial charge < -0.3 is 5.32 Å². The number of fused-ring (bicyclic) bond motifs is 1. The number of nitrogens with one attached hydrogen (secondary N) is 1. The third kappa shape index (κ3) is 2.90. The molecule has 0 spiro atoms. The minimum absolute atomic E-state index is 0.627. The van der Waals surface area contributed by atoms with E-state index in [9.17, 15) is 0 Å². The van der Waals surface area contributed by atoms with E-state index in [1.165, 1.54) is 35.0 Å². The molecule has 1 aromatic carbocycles. The zero-order chi connectivity index (χ0) is 13.9. The van der Waals surface area contributed by atoms with E-state index >= 15 is 0 Å². The van der Waals surface area contributed by atoms with Gasteiger partial charge in [-0.3, -0.25) is 4.90 Å². The lowest BCUT2D eigenvalue weighted by molar-refractivity contribution is 0.130. The summed E-state index contributed by atoms with van der Waals surface area (Å²) in [7, 11) is 0. The third-order valence-electron chi connectivity index (χ3n) is 4.35. The van der Waals surface area contributed by atoms with E-state index in [-0.39, 0.29) is 0 Å². The summed E-state index contributed by atoms with van der Waals surface area (Å²) >= 11 is 1.87. The molecule has 2 nitrogen and oxygen atoms in total. The molecule has 20 heavy (non-hydrogen) atoms. The van der Waals surface area contributed by atoms with Crippen molar-refractivity contribution in [3.05, 3.63) is 35.2 Å². The molecule has 3 rings (SSSR count). The number of rotatable bonds is 4. The van der Waals surface area contributed by atoms with E-state index in [1.54, 1.807) is 0 Å². The zero-order valence-corrected chi connectivity index (χ0v) is 13.2. The summed E-state index contributed by atoms with van der Waals surface area (Å²) in [4.78, 5) is 2.64. The molecule has 0 amide bonds. The summed E-state index contributed by atoms with van der Waals surface area (Å²) < 4.78 is 1.41. The molecule has 2 heterocycles. The summed E-state index contributed by atoms with van der Waals surface area (Å²) in [5.41, 5.74) is 1.49. The van der Waals surface area contributed by atoms with Crippen molar-refractivity contribution in [2.45, 2.75) is 45.3 Å². The van der Waals surface area contributed by atoms with Crippen LogP contribution in [0.5, 0.6) is 0 Å². The Morgan fingerprint density at radius 2 is 2.20 bits per heavy atom. The number of hydrogen-bond acceptors (Lipinski definition) is 3. The van der Waals surface area contributed by atoms with E-state index in [4.69, 9.17) is 0 Å². The minimum atomic E-state index is 0.627. The highest BCUT2D eigenvalue weighted by molar-refractivity contribution is 7.17. The highest BCUT2D eigenvalue weighted by Crippen LogP contribution is 2.27. The first-order valence-corrected chi connectivity index (χ1v) is 8.58. The first kappa shape index (κ1) is 14.1. The van der Waals surface area contributed by atoms with Gasteiger partial charge >= 0.3 is 0 Å². The van der Waals surface area contributed by atoms with Crippen LogP contribution in [0.2, 0.25) is 0 Å². The highest BCUT2D eigenvalue weighted by Gasteiger charge is 2.24. The molecule has 2 unspecified atom stereocenters. The Morgan fingerprint density at radius 3 is 3.05 bits per heavy atom. The second-order valence-electron chi connectivity index (χ2n) is 5.93. The molecule has 2 atom stereocenters. The van der Waals surface area contributed by atoms with E-state index < -0.39 is 0 Å². The van der Waals surface area contributed by atoms with Crippen molar-refractivity contribution < 1.29 is 0 Å². The van der Waals surface area contributed by atoms with Crippen LogP contribution in [0, 0.1) is 0 Å².